The zero-order valence-corrected chi connectivity index (χ0v) is 20.9. The second kappa shape index (κ2) is 12.6. The number of ether oxygens (including phenoxy) is 4. The van der Waals surface area contributed by atoms with Crippen molar-refractivity contribution in [2.45, 2.75) is 72.0 Å². The van der Waals surface area contributed by atoms with Crippen LogP contribution in [0.2, 0.25) is 5.02 Å². The van der Waals surface area contributed by atoms with E-state index in [1.165, 1.54) is 0 Å². The van der Waals surface area contributed by atoms with Crippen molar-refractivity contribution in [3.05, 3.63) is 47.0 Å². The zero-order valence-electron chi connectivity index (χ0n) is 20.2. The molecule has 0 aliphatic carbocycles. The number of halogens is 1. The first kappa shape index (κ1) is 26.7. The molecule has 1 unspecified atom stereocenters. The predicted octanol–water partition coefficient (Wildman–Crippen LogP) is 6.56. The molecule has 3 rings (SSSR count). The first-order chi connectivity index (χ1) is 15.8. The molecular formula is C26H35ClO6. The fourth-order valence-electron chi connectivity index (χ4n) is 3.19. The molecule has 2 atom stereocenters. The Bertz CT molecular complexity index is 898. The molecule has 0 radical (unpaired) electrons. The summed E-state index contributed by atoms with van der Waals surface area (Å²) >= 11 is 6.34. The molecule has 2 aromatic carbocycles. The Morgan fingerprint density at radius 3 is 2.42 bits per heavy atom. The van der Waals surface area contributed by atoms with Gasteiger partial charge >= 0.3 is 5.97 Å². The van der Waals surface area contributed by atoms with E-state index in [9.17, 15) is 9.90 Å². The molecule has 1 aliphatic heterocycles. The smallest absolute Gasteiger partial charge is 0.347 e. The van der Waals surface area contributed by atoms with Crippen molar-refractivity contribution in [1.82, 2.24) is 0 Å². The second-order valence-corrected chi connectivity index (χ2v) is 8.28. The minimum atomic E-state index is -1.25. The summed E-state index contributed by atoms with van der Waals surface area (Å²) in [7, 11) is 0. The molecule has 2 aromatic rings. The summed E-state index contributed by atoms with van der Waals surface area (Å²) in [5.74, 6) is 1.64. The molecule has 0 saturated heterocycles. The van der Waals surface area contributed by atoms with Crippen molar-refractivity contribution in [2.75, 3.05) is 13.2 Å². The summed E-state index contributed by atoms with van der Waals surface area (Å²) in [6.07, 6.45) is 3.19. The van der Waals surface area contributed by atoms with Crippen LogP contribution in [0.25, 0.3) is 0 Å². The molecule has 1 heterocycles. The van der Waals surface area contributed by atoms with Crippen molar-refractivity contribution >= 4 is 17.6 Å². The highest BCUT2D eigenvalue weighted by Gasteiger charge is 2.33. The van der Waals surface area contributed by atoms with Crippen LogP contribution >= 0.6 is 11.6 Å². The monoisotopic (exact) mass is 478 g/mol. The lowest BCUT2D eigenvalue weighted by Crippen LogP contribution is -2.40. The number of benzene rings is 2. The zero-order chi connectivity index (χ0) is 24.4. The molecule has 0 bridgehead atoms. The van der Waals surface area contributed by atoms with Crippen LogP contribution in [0.3, 0.4) is 0 Å². The van der Waals surface area contributed by atoms with Gasteiger partial charge in [-0.3, -0.25) is 0 Å². The van der Waals surface area contributed by atoms with Crippen molar-refractivity contribution in [1.29, 1.82) is 0 Å². The number of fused-ring (bicyclic) bond motifs is 1. The number of aryl methyl sites for hydroxylation is 1. The average molecular weight is 479 g/mol. The largest absolute Gasteiger partial charge is 0.493 e. The van der Waals surface area contributed by atoms with E-state index in [1.807, 2.05) is 26.0 Å². The van der Waals surface area contributed by atoms with E-state index >= 15 is 0 Å². The topological polar surface area (TPSA) is 74.2 Å². The molecule has 6 nitrogen and oxygen atoms in total. The standard InChI is InChI=1S/C24H29ClO6.C2H6/c1-4-24(3,23(26)27)31-19-10-8-18(9-11-19)28-12-5-13-29-22-15-21-17(14-20(22)25)7-6-16(2)30-21;1-2/h8-11,14-16H,4-7,12-13H2,1-3H3,(H,26,27);1-2H3/t16?,24-;/m1./s1. The van der Waals surface area contributed by atoms with Crippen LogP contribution in [0.15, 0.2) is 36.4 Å². The summed E-state index contributed by atoms with van der Waals surface area (Å²) in [6.45, 7) is 10.3. The van der Waals surface area contributed by atoms with Gasteiger partial charge in [0.1, 0.15) is 23.0 Å². The molecule has 1 aliphatic rings. The number of aliphatic carboxylic acids is 1. The van der Waals surface area contributed by atoms with Gasteiger partial charge in [0.2, 0.25) is 5.60 Å². The second-order valence-electron chi connectivity index (χ2n) is 7.87. The Morgan fingerprint density at radius 1 is 1.15 bits per heavy atom. The van der Waals surface area contributed by atoms with Crippen molar-refractivity contribution < 1.29 is 28.8 Å². The summed E-state index contributed by atoms with van der Waals surface area (Å²) in [4.78, 5) is 11.4. The Kier molecular flexibility index (Phi) is 10.2. The number of hydrogen-bond donors (Lipinski definition) is 1. The van der Waals surface area contributed by atoms with Gasteiger partial charge in [-0.25, -0.2) is 4.79 Å². The molecule has 0 spiro atoms. The van der Waals surface area contributed by atoms with Crippen LogP contribution in [-0.2, 0) is 11.2 Å². The number of hydrogen-bond acceptors (Lipinski definition) is 5. The Labute approximate surface area is 201 Å². The van der Waals surface area contributed by atoms with Crippen LogP contribution in [0.1, 0.15) is 59.4 Å². The molecule has 0 saturated carbocycles. The molecule has 0 aromatic heterocycles. The average Bonchev–Trinajstić information content (AvgIpc) is 2.81. The van der Waals surface area contributed by atoms with E-state index in [4.69, 9.17) is 30.5 Å². The summed E-state index contributed by atoms with van der Waals surface area (Å²) in [5, 5.41) is 9.90. The summed E-state index contributed by atoms with van der Waals surface area (Å²) in [5.41, 5.74) is -0.130. The lowest BCUT2D eigenvalue weighted by atomic mass is 10.0. The minimum absolute atomic E-state index is 0.201. The molecule has 1 N–H and O–H groups in total. The number of carboxylic acids is 1. The summed E-state index contributed by atoms with van der Waals surface area (Å²) < 4.78 is 23.0. The minimum Gasteiger partial charge on any atom is -0.493 e. The Hall–Kier alpha value is -2.60. The maximum absolute atomic E-state index is 11.4. The van der Waals surface area contributed by atoms with Crippen molar-refractivity contribution in [3.63, 3.8) is 0 Å². The van der Waals surface area contributed by atoms with Crippen LogP contribution in [0.4, 0.5) is 0 Å². The highest BCUT2D eigenvalue weighted by molar-refractivity contribution is 6.32. The third-order valence-electron chi connectivity index (χ3n) is 5.37. The lowest BCUT2D eigenvalue weighted by molar-refractivity contribution is -0.154. The van der Waals surface area contributed by atoms with Gasteiger partial charge < -0.3 is 24.1 Å². The van der Waals surface area contributed by atoms with E-state index in [0.29, 0.717) is 48.3 Å². The van der Waals surface area contributed by atoms with Gasteiger partial charge in [0.15, 0.2) is 0 Å². The molecule has 0 amide bonds. The molecular weight excluding hydrogens is 444 g/mol. The molecule has 0 fully saturated rings. The highest BCUT2D eigenvalue weighted by Crippen LogP contribution is 2.36. The Balaban J connectivity index is 0.00000187. The van der Waals surface area contributed by atoms with Gasteiger partial charge in [-0.1, -0.05) is 32.4 Å². The van der Waals surface area contributed by atoms with Gasteiger partial charge in [-0.15, -0.1) is 0 Å². The van der Waals surface area contributed by atoms with Crippen LogP contribution in [-0.4, -0.2) is 36.0 Å². The third kappa shape index (κ3) is 7.46. The number of carboxylic acid groups (broad SMARTS) is 1. The van der Waals surface area contributed by atoms with Gasteiger partial charge in [0.25, 0.3) is 0 Å². The predicted molar refractivity (Wildman–Crippen MR) is 130 cm³/mol. The maximum atomic E-state index is 11.4. The van der Waals surface area contributed by atoms with Gasteiger partial charge in [-0.2, -0.15) is 0 Å². The number of rotatable bonds is 10. The molecule has 7 heteroatoms. The van der Waals surface area contributed by atoms with Crippen LogP contribution < -0.4 is 18.9 Å². The highest BCUT2D eigenvalue weighted by atomic mass is 35.5. The summed E-state index contributed by atoms with van der Waals surface area (Å²) in [6, 6.07) is 10.7. The van der Waals surface area contributed by atoms with E-state index in [2.05, 4.69) is 6.92 Å². The van der Waals surface area contributed by atoms with Gasteiger partial charge in [-0.05, 0) is 69.0 Å². The van der Waals surface area contributed by atoms with Crippen LogP contribution in [0, 0.1) is 0 Å². The van der Waals surface area contributed by atoms with E-state index in [1.54, 1.807) is 38.1 Å². The SMILES string of the molecule is CC.CC[C@@](C)(Oc1ccc(OCCCOc2cc3c(cc2Cl)CCC(C)O3)cc1)C(=O)O. The van der Waals surface area contributed by atoms with Gasteiger partial charge in [0.05, 0.1) is 24.3 Å². The lowest BCUT2D eigenvalue weighted by Gasteiger charge is -2.24. The third-order valence-corrected chi connectivity index (χ3v) is 5.67. The van der Waals surface area contributed by atoms with Crippen molar-refractivity contribution in [3.8, 4) is 23.0 Å². The van der Waals surface area contributed by atoms with Crippen molar-refractivity contribution in [2.24, 2.45) is 0 Å². The van der Waals surface area contributed by atoms with E-state index in [-0.39, 0.29) is 6.10 Å². The fourth-order valence-corrected chi connectivity index (χ4v) is 3.43. The van der Waals surface area contributed by atoms with Crippen LogP contribution in [0.5, 0.6) is 23.0 Å². The molecule has 182 valence electrons. The first-order valence-corrected chi connectivity index (χ1v) is 12.0. The van der Waals surface area contributed by atoms with Gasteiger partial charge in [0, 0.05) is 12.5 Å². The quantitative estimate of drug-likeness (QED) is 0.390. The molecule has 33 heavy (non-hydrogen) atoms. The van der Waals surface area contributed by atoms with E-state index in [0.717, 1.165) is 24.2 Å². The maximum Gasteiger partial charge on any atom is 0.347 e. The van der Waals surface area contributed by atoms with E-state index < -0.39 is 11.6 Å². The fraction of sp³-hybridized carbons (Fsp3) is 0.500. The Morgan fingerprint density at radius 2 is 1.79 bits per heavy atom. The number of carbonyl (C=O) groups is 1. The first-order valence-electron chi connectivity index (χ1n) is 11.6. The normalized spacial score (nSPS) is 16.2.